The number of carbonyl (C=O) groups excluding carboxylic acids is 6. The van der Waals surface area contributed by atoms with E-state index < -0.39 is 162 Å². The molecule has 2 radical (unpaired) electrons. The predicted molar refractivity (Wildman–Crippen MR) is 229 cm³/mol. The summed E-state index contributed by atoms with van der Waals surface area (Å²) in [6.45, 7) is 2.51. The van der Waals surface area contributed by atoms with Gasteiger partial charge in [-0.1, -0.05) is 24.3 Å². The molecule has 22 nitrogen and oxygen atoms in total. The van der Waals surface area contributed by atoms with Crippen molar-refractivity contribution in [1.29, 1.82) is 0 Å². The van der Waals surface area contributed by atoms with E-state index in [0.717, 1.165) is 0 Å². The number of aliphatic hydroxyl groups is 10. The van der Waals surface area contributed by atoms with Crippen LogP contribution in [0.3, 0.4) is 0 Å². The van der Waals surface area contributed by atoms with Crippen LogP contribution in [0.2, 0.25) is 0 Å². The molecule has 67 heavy (non-hydrogen) atoms. The van der Waals surface area contributed by atoms with E-state index in [2.05, 4.69) is 0 Å². The third-order valence-corrected chi connectivity index (χ3v) is 14.1. The van der Waals surface area contributed by atoms with Crippen LogP contribution in [-0.4, -0.2) is 219 Å². The standard InChI is InChI=1S/2C22H24N2O9.Ba/c2*1-21(32)7-5-4-6-8(25)9(7)15(26)10-12(21)17(28)13-14(24(2)3)16(27)11(20(23)31)19(30)22(13,33)18(10)29;/h2*4-6,12-14,17,25-26,28,30,32-33H,1-3H3,(H2,23,31);/t2*12-,13-,14+,17-,21-,22+;/m11./s1. The van der Waals surface area contributed by atoms with Gasteiger partial charge in [-0.15, -0.1) is 0 Å². The van der Waals surface area contributed by atoms with E-state index in [1.54, 1.807) is 0 Å². The van der Waals surface area contributed by atoms with Crippen LogP contribution < -0.4 is 11.5 Å². The van der Waals surface area contributed by atoms with Gasteiger partial charge < -0.3 is 72.7 Å². The fraction of sp³-hybridized carbons (Fsp3) is 0.409. The largest absolute Gasteiger partial charge is 0.508 e. The van der Waals surface area contributed by atoms with Gasteiger partial charge in [-0.2, -0.15) is 0 Å². The molecule has 23 heteroatoms. The van der Waals surface area contributed by atoms with Gasteiger partial charge in [0.25, 0.3) is 11.8 Å². The molecule has 2 amide bonds. The van der Waals surface area contributed by atoms with Crippen molar-refractivity contribution in [3.63, 3.8) is 0 Å². The molecule has 0 aliphatic heterocycles. The molecule has 8 rings (SSSR count). The minimum absolute atomic E-state index is 0. The molecule has 2 fully saturated rings. The van der Waals surface area contributed by atoms with E-state index >= 15 is 0 Å². The van der Waals surface area contributed by atoms with E-state index in [9.17, 15) is 90.0 Å². The predicted octanol–water partition coefficient (Wildman–Crippen LogP) is -3.18. The summed E-state index contributed by atoms with van der Waals surface area (Å²) >= 11 is 0. The topological polar surface area (TPSA) is 404 Å². The van der Waals surface area contributed by atoms with Gasteiger partial charge in [-0.3, -0.25) is 38.6 Å². The molecule has 6 aliphatic rings. The molecule has 0 saturated heterocycles. The Bertz CT molecular complexity index is 2560. The average Bonchev–Trinajstić information content (AvgIpc) is 3.20. The number of hydrogen-bond acceptors (Lipinski definition) is 20. The second-order valence-electron chi connectivity index (χ2n) is 18.1. The Morgan fingerprint density at radius 1 is 0.567 bits per heavy atom. The Hall–Kier alpha value is -4.93. The fourth-order valence-corrected chi connectivity index (χ4v) is 11.2. The SMILES string of the molecule is CN(C)[C@@H]1C(=O)C(C(N)=O)=C(O)[C@@]2(O)C(=O)C3=C(O)c4c(O)cccc4[C@@](C)(O)[C@H]3[C@@H](O)[C@@H]12.CN(C)[C@@H]1C(=O)C(C(N)=O)=C(O)[C@@]2(O)C(=O)C3=C(O)c4c(O)cccc4[C@@](C)(O)[C@H]3[C@@H](O)[C@@H]12.[Ba]. The number of nitrogens with zero attached hydrogens (tertiary/aromatic N) is 2. The Morgan fingerprint density at radius 2 is 0.866 bits per heavy atom. The van der Waals surface area contributed by atoms with E-state index in [1.807, 2.05) is 0 Å². The van der Waals surface area contributed by atoms with Gasteiger partial charge in [-0.05, 0) is 65.3 Å². The number of benzene rings is 2. The minimum atomic E-state index is -3.02. The van der Waals surface area contributed by atoms with Gasteiger partial charge in [0.1, 0.15) is 45.7 Å². The number of ketones is 4. The van der Waals surface area contributed by atoms with Crippen molar-refractivity contribution in [3.05, 3.63) is 92.5 Å². The third-order valence-electron chi connectivity index (χ3n) is 14.1. The van der Waals surface area contributed by atoms with E-state index in [1.165, 1.54) is 88.2 Å². The van der Waals surface area contributed by atoms with Crippen molar-refractivity contribution >= 4 is 95.3 Å². The molecule has 2 aromatic rings. The van der Waals surface area contributed by atoms with Crippen LogP contribution in [0.1, 0.15) is 36.1 Å². The summed E-state index contributed by atoms with van der Waals surface area (Å²) in [5, 5.41) is 133. The van der Waals surface area contributed by atoms with Crippen LogP contribution in [0.5, 0.6) is 11.5 Å². The van der Waals surface area contributed by atoms with Gasteiger partial charge in [-0.25, -0.2) is 0 Å². The van der Waals surface area contributed by atoms with Gasteiger partial charge in [0.15, 0.2) is 22.8 Å². The first kappa shape index (κ1) is 51.5. The average molecular weight is 1060 g/mol. The van der Waals surface area contributed by atoms with Crippen LogP contribution in [0.25, 0.3) is 11.5 Å². The molecule has 2 aromatic carbocycles. The zero-order chi connectivity index (χ0) is 49.6. The van der Waals surface area contributed by atoms with Gasteiger partial charge in [0.2, 0.25) is 11.6 Å². The number of primary amides is 2. The van der Waals surface area contributed by atoms with Crippen LogP contribution in [0.4, 0.5) is 0 Å². The van der Waals surface area contributed by atoms with E-state index in [0.29, 0.717) is 0 Å². The molecule has 6 aliphatic carbocycles. The van der Waals surface area contributed by atoms with Crippen LogP contribution >= 0.6 is 0 Å². The second-order valence-corrected chi connectivity index (χ2v) is 18.1. The van der Waals surface area contributed by atoms with Gasteiger partial charge in [0, 0.05) is 48.9 Å². The number of aromatic hydroxyl groups is 2. The number of hydrogen-bond donors (Lipinski definition) is 14. The smallest absolute Gasteiger partial charge is 0.255 e. The summed E-state index contributed by atoms with van der Waals surface area (Å²) in [6.07, 6.45) is -3.74. The summed E-state index contributed by atoms with van der Waals surface area (Å²) in [6, 6.07) is 5.00. The Morgan fingerprint density at radius 3 is 1.13 bits per heavy atom. The third kappa shape index (κ3) is 6.65. The molecule has 2 saturated carbocycles. The zero-order valence-electron chi connectivity index (χ0n) is 36.7. The van der Waals surface area contributed by atoms with Gasteiger partial charge in [0.05, 0.1) is 81.4 Å². The van der Waals surface area contributed by atoms with E-state index in [4.69, 9.17) is 11.5 Å². The number of fused-ring (bicyclic) bond motifs is 6. The number of carbonyl (C=O) groups is 6. The van der Waals surface area contributed by atoms with Crippen molar-refractivity contribution in [3.8, 4) is 11.5 Å². The van der Waals surface area contributed by atoms with Crippen molar-refractivity contribution in [2.45, 2.75) is 60.5 Å². The molecular formula is C44H48BaN4O18. The first-order valence-corrected chi connectivity index (χ1v) is 20.2. The summed E-state index contributed by atoms with van der Waals surface area (Å²) < 4.78 is 0. The van der Waals surface area contributed by atoms with E-state index in [-0.39, 0.29) is 71.1 Å². The van der Waals surface area contributed by atoms with Crippen molar-refractivity contribution in [2.75, 3.05) is 28.2 Å². The number of aliphatic hydroxyl groups excluding tert-OH is 6. The van der Waals surface area contributed by atoms with Crippen LogP contribution in [0, 0.1) is 23.7 Å². The monoisotopic (exact) mass is 1060 g/mol. The first-order valence-electron chi connectivity index (χ1n) is 20.2. The Labute approximate surface area is 420 Å². The summed E-state index contributed by atoms with van der Waals surface area (Å²) in [7, 11) is 5.60. The molecule has 0 spiro atoms. The molecule has 0 bridgehead atoms. The number of rotatable bonds is 4. The molecule has 16 N–H and O–H groups in total. The van der Waals surface area contributed by atoms with Crippen molar-refractivity contribution < 1.29 is 90.0 Å². The quantitative estimate of drug-likeness (QED) is 0.106. The summed E-state index contributed by atoms with van der Waals surface area (Å²) in [4.78, 5) is 79.9. The van der Waals surface area contributed by atoms with Gasteiger partial charge >= 0.3 is 0 Å². The molecule has 0 unspecified atom stereocenters. The second kappa shape index (κ2) is 16.6. The maximum atomic E-state index is 13.7. The Kier molecular flexibility index (Phi) is 12.8. The van der Waals surface area contributed by atoms with Crippen molar-refractivity contribution in [2.24, 2.45) is 35.1 Å². The zero-order valence-corrected chi connectivity index (χ0v) is 41.1. The first-order chi connectivity index (χ1) is 30.4. The number of phenolic OH excluding ortho intramolecular Hbond substituents is 2. The Balaban J connectivity index is 0.000000218. The van der Waals surface area contributed by atoms with Crippen LogP contribution in [-0.2, 0) is 40.0 Å². The molecule has 354 valence electrons. The maximum Gasteiger partial charge on any atom is 0.255 e. The number of phenols is 2. The fourth-order valence-electron chi connectivity index (χ4n) is 11.2. The van der Waals surface area contributed by atoms with Crippen molar-refractivity contribution in [1.82, 2.24) is 9.80 Å². The number of amides is 2. The molecule has 12 atom stereocenters. The maximum absolute atomic E-state index is 13.7. The number of likely N-dealkylation sites (N-methyl/N-ethyl adjacent to an activating group) is 2. The molecule has 0 heterocycles. The summed E-state index contributed by atoms with van der Waals surface area (Å²) in [5.74, 6) is -19.3. The number of nitrogens with two attached hydrogens (primary N) is 2. The number of Topliss-reactive ketones (excluding diaryl/α,β-unsaturated/α-hetero) is 4. The van der Waals surface area contributed by atoms with Crippen LogP contribution in [0.15, 0.2) is 70.2 Å². The molecule has 0 aromatic heterocycles. The molecular weight excluding hydrogens is 1010 g/mol. The minimum Gasteiger partial charge on any atom is -0.508 e. The summed E-state index contributed by atoms with van der Waals surface area (Å²) in [5.41, 5.74) is -3.55. The normalized spacial score (nSPS) is 35.4.